The molecule has 2 heterocycles. The zero-order valence-corrected chi connectivity index (χ0v) is 15.2. The van der Waals surface area contributed by atoms with Gasteiger partial charge in [-0.05, 0) is 42.7 Å². The van der Waals surface area contributed by atoms with Crippen LogP contribution in [-0.4, -0.2) is 35.2 Å². The van der Waals surface area contributed by atoms with Gasteiger partial charge < -0.3 is 15.8 Å². The van der Waals surface area contributed by atoms with Gasteiger partial charge in [0, 0.05) is 32.0 Å². The molecule has 3 aromatic rings. The van der Waals surface area contributed by atoms with Crippen molar-refractivity contribution in [3.63, 3.8) is 0 Å². The van der Waals surface area contributed by atoms with Gasteiger partial charge in [-0.25, -0.2) is 4.98 Å². The van der Waals surface area contributed by atoms with Crippen LogP contribution in [0, 0.1) is 5.41 Å². The molecule has 0 aliphatic carbocycles. The lowest BCUT2D eigenvalue weighted by molar-refractivity contribution is -0.136. The number of hydrogen-bond acceptors (Lipinski definition) is 4. The van der Waals surface area contributed by atoms with E-state index < -0.39 is 5.41 Å². The molecule has 1 aliphatic rings. The number of nitrogens with two attached hydrogens (primary N) is 1. The molecule has 1 saturated heterocycles. The number of ether oxygens (including phenoxy) is 1. The molecular weight excluding hydrogens is 340 g/mol. The van der Waals surface area contributed by atoms with E-state index in [9.17, 15) is 4.79 Å². The molecule has 27 heavy (non-hydrogen) atoms. The molecule has 0 bridgehead atoms. The predicted octanol–water partition coefficient (Wildman–Crippen LogP) is 2.40. The lowest BCUT2D eigenvalue weighted by Crippen LogP contribution is -2.48. The fourth-order valence-corrected chi connectivity index (χ4v) is 3.60. The van der Waals surface area contributed by atoms with Crippen LogP contribution in [0.25, 0.3) is 16.7 Å². The van der Waals surface area contributed by atoms with E-state index >= 15 is 0 Å². The molecule has 4 rings (SSSR count). The standard InChI is InChI=1S/C21H24N4O2/c22-14-21(9-11-27-12-10-21)20(26)23-13-16-5-7-17(8-6-16)25-15-24-18-3-1-2-4-19(18)25/h1-8,15H,9-14,22H2,(H,23,26). The molecule has 1 fully saturated rings. The lowest BCUT2D eigenvalue weighted by atomic mass is 9.79. The second-order valence-corrected chi connectivity index (χ2v) is 7.05. The Kier molecular flexibility index (Phi) is 4.92. The Bertz CT molecular complexity index is 927. The number of amides is 1. The zero-order valence-electron chi connectivity index (χ0n) is 15.2. The minimum Gasteiger partial charge on any atom is -0.381 e. The van der Waals surface area contributed by atoms with Gasteiger partial charge in [0.15, 0.2) is 0 Å². The normalized spacial score (nSPS) is 16.3. The summed E-state index contributed by atoms with van der Waals surface area (Å²) in [6, 6.07) is 16.2. The minimum atomic E-state index is -0.492. The summed E-state index contributed by atoms with van der Waals surface area (Å²) in [6.07, 6.45) is 3.20. The van der Waals surface area contributed by atoms with Gasteiger partial charge >= 0.3 is 0 Å². The van der Waals surface area contributed by atoms with Crippen molar-refractivity contribution in [2.75, 3.05) is 19.8 Å². The molecule has 6 nitrogen and oxygen atoms in total. The maximum Gasteiger partial charge on any atom is 0.227 e. The van der Waals surface area contributed by atoms with Gasteiger partial charge in [-0.2, -0.15) is 0 Å². The number of benzene rings is 2. The number of fused-ring (bicyclic) bond motifs is 1. The van der Waals surface area contributed by atoms with Crippen LogP contribution in [0.15, 0.2) is 54.9 Å². The van der Waals surface area contributed by atoms with Crippen LogP contribution in [0.1, 0.15) is 18.4 Å². The van der Waals surface area contributed by atoms with Crippen LogP contribution in [0.5, 0.6) is 0 Å². The Morgan fingerprint density at radius 2 is 1.89 bits per heavy atom. The summed E-state index contributed by atoms with van der Waals surface area (Å²) >= 11 is 0. The molecule has 2 aromatic carbocycles. The van der Waals surface area contributed by atoms with Gasteiger partial charge in [-0.3, -0.25) is 9.36 Å². The Balaban J connectivity index is 1.44. The Hall–Kier alpha value is -2.70. The summed E-state index contributed by atoms with van der Waals surface area (Å²) < 4.78 is 7.43. The molecule has 6 heteroatoms. The van der Waals surface area contributed by atoms with E-state index in [1.54, 1.807) is 0 Å². The molecule has 1 aromatic heterocycles. The van der Waals surface area contributed by atoms with Gasteiger partial charge in [0.25, 0.3) is 0 Å². The Labute approximate surface area is 158 Å². The van der Waals surface area contributed by atoms with Gasteiger partial charge in [0.2, 0.25) is 5.91 Å². The summed E-state index contributed by atoms with van der Waals surface area (Å²) in [5.41, 5.74) is 9.55. The first-order valence-electron chi connectivity index (χ1n) is 9.29. The van der Waals surface area contributed by atoms with Gasteiger partial charge in [0.1, 0.15) is 6.33 Å². The molecule has 0 unspecified atom stereocenters. The molecule has 1 amide bonds. The number of rotatable bonds is 5. The van der Waals surface area contributed by atoms with Crippen LogP contribution < -0.4 is 11.1 Å². The summed E-state index contributed by atoms with van der Waals surface area (Å²) in [6.45, 7) is 2.04. The van der Waals surface area contributed by atoms with Crippen LogP contribution in [0.4, 0.5) is 0 Å². The summed E-state index contributed by atoms with van der Waals surface area (Å²) in [5, 5.41) is 3.05. The highest BCUT2D eigenvalue weighted by Crippen LogP contribution is 2.29. The highest BCUT2D eigenvalue weighted by molar-refractivity contribution is 5.83. The van der Waals surface area contributed by atoms with E-state index in [4.69, 9.17) is 10.5 Å². The van der Waals surface area contributed by atoms with Gasteiger partial charge in [-0.1, -0.05) is 24.3 Å². The third kappa shape index (κ3) is 3.46. The summed E-state index contributed by atoms with van der Waals surface area (Å²) in [4.78, 5) is 17.1. The number of carbonyl (C=O) groups excluding carboxylic acids is 1. The number of para-hydroxylation sites is 2. The van der Waals surface area contributed by atoms with Gasteiger partial charge in [-0.15, -0.1) is 0 Å². The quantitative estimate of drug-likeness (QED) is 0.728. The number of aromatic nitrogens is 2. The van der Waals surface area contributed by atoms with E-state index in [2.05, 4.69) is 20.9 Å². The first-order valence-corrected chi connectivity index (χ1v) is 9.29. The molecule has 0 saturated carbocycles. The van der Waals surface area contributed by atoms with Crippen molar-refractivity contribution in [3.05, 3.63) is 60.4 Å². The largest absolute Gasteiger partial charge is 0.381 e. The van der Waals surface area contributed by atoms with Crippen molar-refractivity contribution in [3.8, 4) is 5.69 Å². The molecular formula is C21H24N4O2. The van der Waals surface area contributed by atoms with Gasteiger partial charge in [0.05, 0.1) is 16.4 Å². The van der Waals surface area contributed by atoms with E-state index in [1.165, 1.54) is 0 Å². The number of hydrogen-bond donors (Lipinski definition) is 2. The number of nitrogens with zero attached hydrogens (tertiary/aromatic N) is 2. The molecule has 0 spiro atoms. The van der Waals surface area contributed by atoms with Crippen LogP contribution in [0.2, 0.25) is 0 Å². The third-order valence-corrected chi connectivity index (χ3v) is 5.44. The topological polar surface area (TPSA) is 82.2 Å². The second-order valence-electron chi connectivity index (χ2n) is 7.05. The van der Waals surface area contributed by atoms with Crippen molar-refractivity contribution in [1.82, 2.24) is 14.9 Å². The monoisotopic (exact) mass is 364 g/mol. The van der Waals surface area contributed by atoms with E-state index in [1.807, 2.05) is 48.8 Å². The number of carbonyl (C=O) groups is 1. The van der Waals surface area contributed by atoms with Crippen LogP contribution in [-0.2, 0) is 16.1 Å². The smallest absolute Gasteiger partial charge is 0.227 e. The molecule has 3 N–H and O–H groups in total. The van der Waals surface area contributed by atoms with Crippen LogP contribution in [0.3, 0.4) is 0 Å². The Morgan fingerprint density at radius 1 is 1.15 bits per heavy atom. The molecule has 140 valence electrons. The van der Waals surface area contributed by atoms with Crippen molar-refractivity contribution in [1.29, 1.82) is 0 Å². The SMILES string of the molecule is NCC1(C(=O)NCc2ccc(-n3cnc4ccccc43)cc2)CCOCC1. The van der Waals surface area contributed by atoms with E-state index in [-0.39, 0.29) is 5.91 Å². The highest BCUT2D eigenvalue weighted by Gasteiger charge is 2.38. The second kappa shape index (κ2) is 7.50. The molecule has 0 atom stereocenters. The van der Waals surface area contributed by atoms with E-state index in [0.29, 0.717) is 39.1 Å². The predicted molar refractivity (Wildman–Crippen MR) is 104 cm³/mol. The fourth-order valence-electron chi connectivity index (χ4n) is 3.60. The highest BCUT2D eigenvalue weighted by atomic mass is 16.5. The summed E-state index contributed by atoms with van der Waals surface area (Å²) in [5.74, 6) is 0.0259. The average Bonchev–Trinajstić information content (AvgIpc) is 3.17. The first-order chi connectivity index (χ1) is 13.2. The third-order valence-electron chi connectivity index (χ3n) is 5.44. The number of imidazole rings is 1. The molecule has 0 radical (unpaired) electrons. The van der Waals surface area contributed by atoms with Crippen molar-refractivity contribution < 1.29 is 9.53 Å². The molecule has 1 aliphatic heterocycles. The minimum absolute atomic E-state index is 0.0259. The first kappa shape index (κ1) is 17.7. The van der Waals surface area contributed by atoms with Crippen LogP contribution >= 0.6 is 0 Å². The average molecular weight is 364 g/mol. The lowest BCUT2D eigenvalue weighted by Gasteiger charge is -2.34. The van der Waals surface area contributed by atoms with Crippen molar-refractivity contribution >= 4 is 16.9 Å². The van der Waals surface area contributed by atoms with E-state index in [0.717, 1.165) is 22.3 Å². The van der Waals surface area contributed by atoms with Crippen molar-refractivity contribution in [2.45, 2.75) is 19.4 Å². The zero-order chi connectivity index (χ0) is 18.7. The fraction of sp³-hybridized carbons (Fsp3) is 0.333. The maximum absolute atomic E-state index is 12.7. The Morgan fingerprint density at radius 3 is 2.63 bits per heavy atom. The summed E-state index contributed by atoms with van der Waals surface area (Å²) in [7, 11) is 0. The maximum atomic E-state index is 12.7. The van der Waals surface area contributed by atoms with Crippen molar-refractivity contribution in [2.24, 2.45) is 11.1 Å². The number of nitrogens with one attached hydrogen (secondary N) is 1.